The number of carbonyl (C=O) groups excluding carboxylic acids is 1. The number of nitrogens with one attached hydrogen (secondary N) is 2. The average molecular weight is 308 g/mol. The minimum absolute atomic E-state index is 0.126. The van der Waals surface area contributed by atoms with Gasteiger partial charge in [0, 0.05) is 6.54 Å². The van der Waals surface area contributed by atoms with Crippen molar-refractivity contribution in [3.05, 3.63) is 35.9 Å². The van der Waals surface area contributed by atoms with Crippen LogP contribution < -0.4 is 10.6 Å². The number of likely N-dealkylation sites (N-methyl/N-ethyl adjacent to an activating group) is 1. The summed E-state index contributed by atoms with van der Waals surface area (Å²) < 4.78 is 11.0. The molecule has 0 aliphatic carbocycles. The monoisotopic (exact) mass is 308 g/mol. The highest BCUT2D eigenvalue weighted by Gasteiger charge is 2.19. The summed E-state index contributed by atoms with van der Waals surface area (Å²) in [6, 6.07) is 9.84. The highest BCUT2D eigenvalue weighted by molar-refractivity contribution is 5.68. The Hall–Kier alpha value is -1.59. The van der Waals surface area contributed by atoms with Crippen LogP contribution in [-0.2, 0) is 16.1 Å². The first-order valence-electron chi connectivity index (χ1n) is 7.72. The molecule has 0 radical (unpaired) electrons. The van der Waals surface area contributed by atoms with Crippen LogP contribution in [-0.4, -0.2) is 37.4 Å². The van der Waals surface area contributed by atoms with Crippen molar-refractivity contribution in [2.24, 2.45) is 0 Å². The maximum absolute atomic E-state index is 11.8. The topological polar surface area (TPSA) is 59.6 Å². The van der Waals surface area contributed by atoms with Crippen LogP contribution in [0.1, 0.15) is 33.3 Å². The summed E-state index contributed by atoms with van der Waals surface area (Å²) in [5.74, 6) is 0. The summed E-state index contributed by atoms with van der Waals surface area (Å²) >= 11 is 0. The van der Waals surface area contributed by atoms with Gasteiger partial charge in [-0.1, -0.05) is 37.3 Å². The van der Waals surface area contributed by atoms with Crippen LogP contribution in [0.4, 0.5) is 4.79 Å². The Morgan fingerprint density at radius 1 is 1.23 bits per heavy atom. The first-order chi connectivity index (χ1) is 10.4. The lowest BCUT2D eigenvalue weighted by Gasteiger charge is -2.24. The molecule has 0 heterocycles. The molecule has 5 heteroatoms. The van der Waals surface area contributed by atoms with Crippen LogP contribution in [0.3, 0.4) is 0 Å². The largest absolute Gasteiger partial charge is 0.444 e. The molecule has 0 fully saturated rings. The Kier molecular flexibility index (Phi) is 7.91. The first-order valence-corrected chi connectivity index (χ1v) is 7.72. The van der Waals surface area contributed by atoms with Crippen molar-refractivity contribution in [2.45, 2.75) is 45.9 Å². The van der Waals surface area contributed by atoms with Crippen LogP contribution in [0.15, 0.2) is 30.3 Å². The van der Waals surface area contributed by atoms with Crippen molar-refractivity contribution >= 4 is 6.09 Å². The normalized spacial score (nSPS) is 12.7. The molecule has 5 nitrogen and oxygen atoms in total. The highest BCUT2D eigenvalue weighted by Crippen LogP contribution is 2.07. The van der Waals surface area contributed by atoms with E-state index in [9.17, 15) is 4.79 Å². The van der Waals surface area contributed by atoms with Crippen molar-refractivity contribution < 1.29 is 14.3 Å². The second kappa shape index (κ2) is 9.43. The molecule has 0 bridgehead atoms. The van der Waals surface area contributed by atoms with E-state index < -0.39 is 11.7 Å². The second-order valence-corrected chi connectivity index (χ2v) is 6.15. The zero-order valence-electron chi connectivity index (χ0n) is 14.0. The maximum atomic E-state index is 11.8. The van der Waals surface area contributed by atoms with Crippen molar-refractivity contribution in [3.8, 4) is 0 Å². The predicted molar refractivity (Wildman–Crippen MR) is 87.8 cm³/mol. The Morgan fingerprint density at radius 3 is 2.50 bits per heavy atom. The molecule has 0 unspecified atom stereocenters. The van der Waals surface area contributed by atoms with Crippen molar-refractivity contribution in [3.63, 3.8) is 0 Å². The van der Waals surface area contributed by atoms with Gasteiger partial charge in [0.15, 0.2) is 0 Å². The van der Waals surface area contributed by atoms with Crippen LogP contribution in [0.25, 0.3) is 0 Å². The molecule has 1 amide bonds. The maximum Gasteiger partial charge on any atom is 0.407 e. The molecular weight excluding hydrogens is 280 g/mol. The Balaban J connectivity index is 2.41. The van der Waals surface area contributed by atoms with Gasteiger partial charge in [0.2, 0.25) is 0 Å². The van der Waals surface area contributed by atoms with Gasteiger partial charge in [0.05, 0.1) is 19.3 Å². The zero-order chi connectivity index (χ0) is 16.4. The fourth-order valence-corrected chi connectivity index (χ4v) is 1.84. The van der Waals surface area contributed by atoms with Gasteiger partial charge >= 0.3 is 6.09 Å². The smallest absolute Gasteiger partial charge is 0.407 e. The van der Waals surface area contributed by atoms with Gasteiger partial charge < -0.3 is 20.1 Å². The molecule has 22 heavy (non-hydrogen) atoms. The Bertz CT molecular complexity index is 429. The minimum atomic E-state index is -0.502. The van der Waals surface area contributed by atoms with Crippen LogP contribution in [0.5, 0.6) is 0 Å². The quantitative estimate of drug-likeness (QED) is 0.775. The van der Waals surface area contributed by atoms with Crippen molar-refractivity contribution in [1.82, 2.24) is 10.6 Å². The lowest BCUT2D eigenvalue weighted by Crippen LogP contribution is -2.46. The van der Waals surface area contributed by atoms with E-state index in [1.54, 1.807) is 0 Å². The van der Waals surface area contributed by atoms with E-state index in [0.29, 0.717) is 19.8 Å². The number of rotatable bonds is 8. The van der Waals surface area contributed by atoms with E-state index in [2.05, 4.69) is 10.6 Å². The van der Waals surface area contributed by atoms with E-state index in [4.69, 9.17) is 9.47 Å². The Morgan fingerprint density at radius 2 is 1.91 bits per heavy atom. The molecule has 0 saturated carbocycles. The van der Waals surface area contributed by atoms with Crippen LogP contribution in [0, 0.1) is 0 Å². The third-order valence-electron chi connectivity index (χ3n) is 2.79. The average Bonchev–Trinajstić information content (AvgIpc) is 2.43. The Labute approximate surface area is 133 Å². The number of ether oxygens (including phenoxy) is 2. The SMILES string of the molecule is CCNC[C@H](COCc1ccccc1)NC(=O)OC(C)(C)C. The molecule has 1 rings (SSSR count). The number of alkyl carbamates (subject to hydrolysis) is 1. The minimum Gasteiger partial charge on any atom is -0.444 e. The number of hydrogen-bond donors (Lipinski definition) is 2. The first kappa shape index (κ1) is 18.5. The summed E-state index contributed by atoms with van der Waals surface area (Å²) in [5.41, 5.74) is 0.611. The molecule has 0 spiro atoms. The number of amides is 1. The molecule has 0 aliphatic rings. The van der Waals surface area contributed by atoms with Gasteiger partial charge in [0.25, 0.3) is 0 Å². The van der Waals surface area contributed by atoms with Gasteiger partial charge in [-0.3, -0.25) is 0 Å². The molecular formula is C17H28N2O3. The number of hydrogen-bond acceptors (Lipinski definition) is 4. The highest BCUT2D eigenvalue weighted by atomic mass is 16.6. The second-order valence-electron chi connectivity index (χ2n) is 6.15. The molecule has 124 valence electrons. The van der Waals surface area contributed by atoms with Crippen LogP contribution >= 0.6 is 0 Å². The van der Waals surface area contributed by atoms with E-state index in [1.165, 1.54) is 0 Å². The van der Waals surface area contributed by atoms with Gasteiger partial charge in [-0.15, -0.1) is 0 Å². The standard InChI is InChI=1S/C17H28N2O3/c1-5-18-11-15(19-16(20)22-17(2,3)4)13-21-12-14-9-7-6-8-10-14/h6-10,15,18H,5,11-13H2,1-4H3,(H,19,20)/t15-/m1/s1. The van der Waals surface area contributed by atoms with Gasteiger partial charge in [-0.2, -0.15) is 0 Å². The molecule has 1 aromatic rings. The number of carbonyl (C=O) groups is 1. The molecule has 1 atom stereocenters. The lowest BCUT2D eigenvalue weighted by molar-refractivity contribution is 0.0429. The van der Waals surface area contributed by atoms with E-state index in [0.717, 1.165) is 12.1 Å². The van der Waals surface area contributed by atoms with Gasteiger partial charge in [-0.05, 0) is 32.9 Å². The van der Waals surface area contributed by atoms with Crippen molar-refractivity contribution in [2.75, 3.05) is 19.7 Å². The zero-order valence-corrected chi connectivity index (χ0v) is 14.0. The van der Waals surface area contributed by atoms with E-state index in [1.807, 2.05) is 58.0 Å². The summed E-state index contributed by atoms with van der Waals surface area (Å²) in [6.07, 6.45) is -0.418. The molecule has 1 aromatic carbocycles. The molecule has 2 N–H and O–H groups in total. The summed E-state index contributed by atoms with van der Waals surface area (Å²) in [4.78, 5) is 11.8. The predicted octanol–water partition coefficient (Wildman–Crippen LogP) is 2.71. The summed E-state index contributed by atoms with van der Waals surface area (Å²) in [6.45, 7) is 10.00. The summed E-state index contributed by atoms with van der Waals surface area (Å²) in [7, 11) is 0. The van der Waals surface area contributed by atoms with Gasteiger partial charge in [0.1, 0.15) is 5.60 Å². The van der Waals surface area contributed by atoms with Gasteiger partial charge in [-0.25, -0.2) is 4.79 Å². The third kappa shape index (κ3) is 8.64. The van der Waals surface area contributed by atoms with E-state index >= 15 is 0 Å². The van der Waals surface area contributed by atoms with Crippen LogP contribution in [0.2, 0.25) is 0 Å². The fourth-order valence-electron chi connectivity index (χ4n) is 1.84. The summed E-state index contributed by atoms with van der Waals surface area (Å²) in [5, 5.41) is 6.06. The van der Waals surface area contributed by atoms with Crippen molar-refractivity contribution in [1.29, 1.82) is 0 Å². The molecule has 0 aliphatic heterocycles. The lowest BCUT2D eigenvalue weighted by atomic mass is 10.2. The van der Waals surface area contributed by atoms with E-state index in [-0.39, 0.29) is 6.04 Å². The molecule has 0 saturated heterocycles. The fraction of sp³-hybridized carbons (Fsp3) is 0.588. The third-order valence-corrected chi connectivity index (χ3v) is 2.79. The number of benzene rings is 1. The molecule has 0 aromatic heterocycles.